The Balaban J connectivity index is 2.10. The third-order valence-electron chi connectivity index (χ3n) is 2.55. The van der Waals surface area contributed by atoms with Crippen molar-refractivity contribution in [3.8, 4) is 12.3 Å². The van der Waals surface area contributed by atoms with E-state index in [1.54, 1.807) is 0 Å². The molecule has 2 aliphatic heterocycles. The smallest absolute Gasteiger partial charge is 0.312 e. The SMILES string of the molecule is C#CC1OC2CCOC2C1NC(N)=O. The minimum atomic E-state index is -0.602. The van der Waals surface area contributed by atoms with Gasteiger partial charge in [-0.1, -0.05) is 5.92 Å². The highest BCUT2D eigenvalue weighted by Crippen LogP contribution is 2.30. The van der Waals surface area contributed by atoms with Crippen LogP contribution in [0, 0.1) is 12.3 Å². The minimum Gasteiger partial charge on any atom is -0.373 e. The Morgan fingerprint density at radius 3 is 3.07 bits per heavy atom. The summed E-state index contributed by atoms with van der Waals surface area (Å²) in [4.78, 5) is 10.7. The zero-order valence-corrected chi connectivity index (χ0v) is 7.60. The van der Waals surface area contributed by atoms with Crippen molar-refractivity contribution >= 4 is 6.03 Å². The highest BCUT2D eigenvalue weighted by molar-refractivity contribution is 5.72. The average molecular weight is 196 g/mol. The van der Waals surface area contributed by atoms with Crippen LogP contribution in [0.2, 0.25) is 0 Å². The van der Waals surface area contributed by atoms with Crippen molar-refractivity contribution in [2.45, 2.75) is 30.8 Å². The highest BCUT2D eigenvalue weighted by atomic mass is 16.6. The van der Waals surface area contributed by atoms with Gasteiger partial charge in [0.1, 0.15) is 12.2 Å². The molecule has 2 heterocycles. The molecule has 2 aliphatic rings. The number of ether oxygens (including phenoxy) is 2. The zero-order valence-electron chi connectivity index (χ0n) is 7.60. The van der Waals surface area contributed by atoms with E-state index in [0.29, 0.717) is 6.61 Å². The van der Waals surface area contributed by atoms with Gasteiger partial charge in [0.25, 0.3) is 0 Å². The summed E-state index contributed by atoms with van der Waals surface area (Å²) in [7, 11) is 0. The maximum atomic E-state index is 10.7. The Labute approximate surface area is 81.9 Å². The lowest BCUT2D eigenvalue weighted by atomic mass is 10.1. The van der Waals surface area contributed by atoms with E-state index in [1.807, 2.05) is 0 Å². The molecule has 0 aromatic heterocycles. The van der Waals surface area contributed by atoms with Gasteiger partial charge in [-0.25, -0.2) is 4.79 Å². The summed E-state index contributed by atoms with van der Waals surface area (Å²) in [5.41, 5.74) is 5.04. The van der Waals surface area contributed by atoms with Crippen molar-refractivity contribution in [3.05, 3.63) is 0 Å². The molecule has 2 rings (SSSR count). The predicted molar refractivity (Wildman–Crippen MR) is 48.4 cm³/mol. The molecule has 5 heteroatoms. The van der Waals surface area contributed by atoms with Crippen LogP contribution in [0.3, 0.4) is 0 Å². The van der Waals surface area contributed by atoms with Crippen molar-refractivity contribution in [2.75, 3.05) is 6.61 Å². The largest absolute Gasteiger partial charge is 0.373 e. The maximum Gasteiger partial charge on any atom is 0.312 e. The first-order valence-electron chi connectivity index (χ1n) is 4.51. The molecule has 2 fully saturated rings. The van der Waals surface area contributed by atoms with E-state index < -0.39 is 12.1 Å². The topological polar surface area (TPSA) is 73.6 Å². The number of rotatable bonds is 1. The Bertz CT molecular complexity index is 286. The number of terminal acetylenes is 1. The van der Waals surface area contributed by atoms with Crippen molar-refractivity contribution in [1.82, 2.24) is 5.32 Å². The molecule has 3 N–H and O–H groups in total. The number of amides is 2. The monoisotopic (exact) mass is 196 g/mol. The van der Waals surface area contributed by atoms with Gasteiger partial charge in [0.2, 0.25) is 0 Å². The fraction of sp³-hybridized carbons (Fsp3) is 0.667. The lowest BCUT2D eigenvalue weighted by molar-refractivity contribution is 0.0589. The van der Waals surface area contributed by atoms with Crippen LogP contribution in [-0.2, 0) is 9.47 Å². The highest BCUT2D eigenvalue weighted by Gasteiger charge is 2.47. The van der Waals surface area contributed by atoms with E-state index in [9.17, 15) is 4.79 Å². The van der Waals surface area contributed by atoms with Gasteiger partial charge in [-0.2, -0.15) is 0 Å². The van der Waals surface area contributed by atoms with E-state index in [-0.39, 0.29) is 18.2 Å². The third-order valence-corrected chi connectivity index (χ3v) is 2.55. The Morgan fingerprint density at radius 2 is 2.43 bits per heavy atom. The van der Waals surface area contributed by atoms with E-state index in [0.717, 1.165) is 6.42 Å². The van der Waals surface area contributed by atoms with Crippen molar-refractivity contribution in [1.29, 1.82) is 0 Å². The summed E-state index contributed by atoms with van der Waals surface area (Å²) in [6, 6.07) is -0.917. The van der Waals surface area contributed by atoms with Gasteiger partial charge in [0.05, 0.1) is 12.1 Å². The average Bonchev–Trinajstić information content (AvgIpc) is 2.67. The first kappa shape index (κ1) is 9.31. The van der Waals surface area contributed by atoms with Crippen molar-refractivity contribution in [2.24, 2.45) is 5.73 Å². The lowest BCUT2D eigenvalue weighted by Gasteiger charge is -2.18. The molecule has 76 valence electrons. The molecule has 0 radical (unpaired) electrons. The molecule has 2 saturated heterocycles. The number of hydrogen-bond acceptors (Lipinski definition) is 3. The van der Waals surface area contributed by atoms with Crippen LogP contribution < -0.4 is 11.1 Å². The molecule has 0 spiro atoms. The Hall–Kier alpha value is -1.25. The molecular weight excluding hydrogens is 184 g/mol. The molecule has 4 unspecified atom stereocenters. The second kappa shape index (κ2) is 3.48. The van der Waals surface area contributed by atoms with E-state index in [1.165, 1.54) is 0 Å². The lowest BCUT2D eigenvalue weighted by Crippen LogP contribution is -2.49. The van der Waals surface area contributed by atoms with Crippen LogP contribution in [0.1, 0.15) is 6.42 Å². The molecule has 4 atom stereocenters. The van der Waals surface area contributed by atoms with E-state index in [4.69, 9.17) is 21.6 Å². The zero-order chi connectivity index (χ0) is 10.1. The molecule has 0 aromatic carbocycles. The molecule has 0 aliphatic carbocycles. The number of carbonyl (C=O) groups is 1. The van der Waals surface area contributed by atoms with Gasteiger partial charge in [-0.3, -0.25) is 0 Å². The van der Waals surface area contributed by atoms with Gasteiger partial charge in [-0.05, 0) is 6.42 Å². The van der Waals surface area contributed by atoms with E-state index in [2.05, 4.69) is 11.2 Å². The van der Waals surface area contributed by atoms with Gasteiger partial charge >= 0.3 is 6.03 Å². The minimum absolute atomic E-state index is 0.00657. The molecular formula is C9H12N2O3. The second-order valence-electron chi connectivity index (χ2n) is 3.42. The van der Waals surface area contributed by atoms with Crippen LogP contribution in [0.5, 0.6) is 0 Å². The van der Waals surface area contributed by atoms with Crippen LogP contribution in [0.15, 0.2) is 0 Å². The quantitative estimate of drug-likeness (QED) is 0.540. The van der Waals surface area contributed by atoms with Crippen LogP contribution in [0.25, 0.3) is 0 Å². The summed E-state index contributed by atoms with van der Waals surface area (Å²) in [5.74, 6) is 2.48. The van der Waals surface area contributed by atoms with Gasteiger partial charge in [-0.15, -0.1) is 6.42 Å². The standard InChI is InChI=1S/C9H12N2O3/c1-2-5-7(11-9(10)12)8-6(14-5)3-4-13-8/h1,5-8H,3-4H2,(H3,10,11,12). The summed E-state index contributed by atoms with van der Waals surface area (Å²) in [6.45, 7) is 0.642. The second-order valence-corrected chi connectivity index (χ2v) is 3.42. The number of nitrogens with two attached hydrogens (primary N) is 1. The molecule has 0 saturated carbocycles. The summed E-state index contributed by atoms with van der Waals surface area (Å²) in [5, 5.41) is 2.56. The summed E-state index contributed by atoms with van der Waals surface area (Å²) in [6.07, 6.45) is 5.51. The normalized spacial score (nSPS) is 40.2. The number of hydrogen-bond donors (Lipinski definition) is 2. The van der Waals surface area contributed by atoms with Crippen LogP contribution >= 0.6 is 0 Å². The number of urea groups is 1. The summed E-state index contributed by atoms with van der Waals surface area (Å²) < 4.78 is 10.9. The van der Waals surface area contributed by atoms with Gasteiger partial charge in [0, 0.05) is 6.61 Å². The molecule has 14 heavy (non-hydrogen) atoms. The van der Waals surface area contributed by atoms with E-state index >= 15 is 0 Å². The van der Waals surface area contributed by atoms with Crippen molar-refractivity contribution in [3.63, 3.8) is 0 Å². The number of carbonyl (C=O) groups excluding carboxylic acids is 1. The Morgan fingerprint density at radius 1 is 1.64 bits per heavy atom. The Kier molecular flexibility index (Phi) is 2.32. The summed E-state index contributed by atoms with van der Waals surface area (Å²) >= 11 is 0. The first-order valence-corrected chi connectivity index (χ1v) is 4.51. The maximum absolute atomic E-state index is 10.7. The first-order chi connectivity index (χ1) is 6.72. The molecule has 5 nitrogen and oxygen atoms in total. The van der Waals surface area contributed by atoms with Crippen LogP contribution in [0.4, 0.5) is 4.79 Å². The fourth-order valence-corrected chi connectivity index (χ4v) is 1.98. The van der Waals surface area contributed by atoms with Crippen LogP contribution in [-0.4, -0.2) is 37.0 Å². The number of nitrogens with one attached hydrogen (secondary N) is 1. The van der Waals surface area contributed by atoms with Gasteiger partial charge in [0.15, 0.2) is 0 Å². The number of fused-ring (bicyclic) bond motifs is 1. The molecule has 0 aromatic rings. The molecule has 0 bridgehead atoms. The van der Waals surface area contributed by atoms with Gasteiger partial charge < -0.3 is 20.5 Å². The fourth-order valence-electron chi connectivity index (χ4n) is 1.98. The number of primary amides is 1. The molecule has 2 amide bonds. The van der Waals surface area contributed by atoms with Crippen molar-refractivity contribution < 1.29 is 14.3 Å². The predicted octanol–water partition coefficient (Wildman–Crippen LogP) is -0.787. The third kappa shape index (κ3) is 1.43.